The van der Waals surface area contributed by atoms with Gasteiger partial charge < -0.3 is 21.3 Å². The molecule has 1 aliphatic carbocycles. The van der Waals surface area contributed by atoms with Crippen LogP contribution >= 0.6 is 0 Å². The van der Waals surface area contributed by atoms with Crippen LogP contribution in [0.4, 0.5) is 4.79 Å². The molecule has 7 nitrogen and oxygen atoms in total. The summed E-state index contributed by atoms with van der Waals surface area (Å²) in [6.45, 7) is 0.386. The zero-order valence-electron chi connectivity index (χ0n) is 11.5. The van der Waals surface area contributed by atoms with Crippen molar-refractivity contribution < 1.29 is 9.32 Å². The minimum Gasteiger partial charge on any atom is -0.352 e. The predicted octanol–water partition coefficient (Wildman–Crippen LogP) is 1.24. The molecule has 0 radical (unpaired) electrons. The van der Waals surface area contributed by atoms with Gasteiger partial charge in [-0.3, -0.25) is 0 Å². The van der Waals surface area contributed by atoms with Gasteiger partial charge in [0.15, 0.2) is 5.82 Å². The van der Waals surface area contributed by atoms with E-state index in [-0.39, 0.29) is 0 Å². The molecule has 0 unspecified atom stereocenters. The minimum absolute atomic E-state index is 0.386. The topological polar surface area (TPSA) is 120 Å². The highest BCUT2D eigenvalue weighted by atomic mass is 16.5. The number of carbonyl (C=O) groups is 1. The Bertz CT molecular complexity index is 646. The van der Waals surface area contributed by atoms with Crippen LogP contribution in [0.1, 0.15) is 30.7 Å². The number of urea groups is 1. The Kier molecular flexibility index (Phi) is 3.34. The Labute approximate surface area is 121 Å². The fourth-order valence-electron chi connectivity index (χ4n) is 2.28. The average molecular weight is 287 g/mol. The lowest BCUT2D eigenvalue weighted by Gasteiger charge is -2.34. The van der Waals surface area contributed by atoms with Crippen LogP contribution in [0, 0.1) is 0 Å². The Morgan fingerprint density at radius 3 is 2.62 bits per heavy atom. The second-order valence-electron chi connectivity index (χ2n) is 5.35. The molecular weight excluding hydrogens is 270 g/mol. The maximum atomic E-state index is 10.7. The first-order valence-corrected chi connectivity index (χ1v) is 6.82. The predicted molar refractivity (Wildman–Crippen MR) is 75.9 cm³/mol. The molecule has 2 amide bonds. The fourth-order valence-corrected chi connectivity index (χ4v) is 2.28. The first kappa shape index (κ1) is 13.6. The summed E-state index contributed by atoms with van der Waals surface area (Å²) in [6, 6.07) is 6.92. The smallest absolute Gasteiger partial charge is 0.312 e. The first-order valence-electron chi connectivity index (χ1n) is 6.82. The quantitative estimate of drug-likeness (QED) is 0.781. The van der Waals surface area contributed by atoms with Gasteiger partial charge in [0, 0.05) is 12.1 Å². The van der Waals surface area contributed by atoms with Crippen molar-refractivity contribution in [3.05, 3.63) is 35.7 Å². The van der Waals surface area contributed by atoms with E-state index in [9.17, 15) is 4.79 Å². The second kappa shape index (κ2) is 5.17. The van der Waals surface area contributed by atoms with E-state index in [1.807, 2.05) is 24.3 Å². The van der Waals surface area contributed by atoms with Crippen molar-refractivity contribution in [3.8, 4) is 11.5 Å². The van der Waals surface area contributed by atoms with Crippen LogP contribution < -0.4 is 16.8 Å². The minimum atomic E-state index is -0.547. The number of primary amides is 1. The third kappa shape index (κ3) is 2.73. The van der Waals surface area contributed by atoms with E-state index in [1.54, 1.807) is 0 Å². The van der Waals surface area contributed by atoms with Crippen molar-refractivity contribution in [2.75, 3.05) is 0 Å². The molecule has 1 aliphatic rings. The zero-order chi connectivity index (χ0) is 14.9. The SMILES string of the molecule is NC(=O)NCc1ccc(-c2nc(C3(N)CCC3)no2)cc1. The Hall–Kier alpha value is -2.41. The van der Waals surface area contributed by atoms with Crippen LogP contribution in [0.5, 0.6) is 0 Å². The van der Waals surface area contributed by atoms with Gasteiger partial charge in [-0.25, -0.2) is 4.79 Å². The van der Waals surface area contributed by atoms with Gasteiger partial charge in [-0.1, -0.05) is 17.3 Å². The van der Waals surface area contributed by atoms with Crippen molar-refractivity contribution in [1.29, 1.82) is 0 Å². The van der Waals surface area contributed by atoms with Gasteiger partial charge in [-0.05, 0) is 37.0 Å². The third-order valence-electron chi connectivity index (χ3n) is 3.78. The van der Waals surface area contributed by atoms with Crippen molar-refractivity contribution in [2.24, 2.45) is 11.5 Å². The van der Waals surface area contributed by atoms with Gasteiger partial charge in [-0.15, -0.1) is 0 Å². The molecule has 0 saturated heterocycles. The number of carbonyl (C=O) groups excluding carboxylic acids is 1. The molecule has 1 fully saturated rings. The molecule has 0 aliphatic heterocycles. The molecule has 1 heterocycles. The highest BCUT2D eigenvalue weighted by Gasteiger charge is 2.39. The van der Waals surface area contributed by atoms with E-state index in [4.69, 9.17) is 16.0 Å². The molecule has 21 heavy (non-hydrogen) atoms. The summed E-state index contributed by atoms with van der Waals surface area (Å²) < 4.78 is 5.28. The number of hydrogen-bond donors (Lipinski definition) is 3. The summed E-state index contributed by atoms with van der Waals surface area (Å²) in [5.74, 6) is 1.03. The molecule has 3 rings (SSSR count). The normalized spacial score (nSPS) is 16.2. The molecule has 0 bridgehead atoms. The number of nitrogens with zero attached hydrogens (tertiary/aromatic N) is 2. The summed E-state index contributed by atoms with van der Waals surface area (Å²) in [5.41, 5.74) is 12.5. The van der Waals surface area contributed by atoms with Crippen molar-refractivity contribution in [2.45, 2.75) is 31.3 Å². The lowest BCUT2D eigenvalue weighted by Crippen LogP contribution is -2.44. The number of nitrogens with one attached hydrogen (secondary N) is 1. The lowest BCUT2D eigenvalue weighted by molar-refractivity contribution is 0.229. The van der Waals surface area contributed by atoms with E-state index in [0.29, 0.717) is 18.3 Å². The molecule has 7 heteroatoms. The number of amides is 2. The number of aromatic nitrogens is 2. The van der Waals surface area contributed by atoms with E-state index in [0.717, 1.165) is 30.4 Å². The Morgan fingerprint density at radius 1 is 1.33 bits per heavy atom. The highest BCUT2D eigenvalue weighted by Crippen LogP contribution is 2.37. The summed E-state index contributed by atoms with van der Waals surface area (Å²) in [4.78, 5) is 15.0. The van der Waals surface area contributed by atoms with E-state index >= 15 is 0 Å². The van der Waals surface area contributed by atoms with Gasteiger partial charge in [0.25, 0.3) is 5.89 Å². The lowest BCUT2D eigenvalue weighted by atomic mass is 9.77. The van der Waals surface area contributed by atoms with Crippen LogP contribution in [-0.2, 0) is 12.1 Å². The molecule has 1 saturated carbocycles. The number of rotatable bonds is 4. The summed E-state index contributed by atoms with van der Waals surface area (Å²) in [7, 11) is 0. The highest BCUT2D eigenvalue weighted by molar-refractivity contribution is 5.71. The van der Waals surface area contributed by atoms with E-state index < -0.39 is 11.6 Å². The molecule has 0 spiro atoms. The summed E-state index contributed by atoms with van der Waals surface area (Å²) in [5, 5.41) is 6.51. The third-order valence-corrected chi connectivity index (χ3v) is 3.78. The molecule has 1 aromatic heterocycles. The number of hydrogen-bond acceptors (Lipinski definition) is 5. The molecular formula is C14H17N5O2. The van der Waals surface area contributed by atoms with Crippen LogP contribution in [0.25, 0.3) is 11.5 Å². The molecule has 2 aromatic rings. The number of nitrogens with two attached hydrogens (primary N) is 2. The summed E-state index contributed by atoms with van der Waals surface area (Å²) in [6.07, 6.45) is 2.88. The Balaban J connectivity index is 1.73. The fraction of sp³-hybridized carbons (Fsp3) is 0.357. The van der Waals surface area contributed by atoms with Gasteiger partial charge in [0.1, 0.15) is 0 Å². The zero-order valence-corrected chi connectivity index (χ0v) is 11.5. The molecule has 110 valence electrons. The largest absolute Gasteiger partial charge is 0.352 e. The van der Waals surface area contributed by atoms with Crippen LogP contribution in [0.3, 0.4) is 0 Å². The Morgan fingerprint density at radius 2 is 2.05 bits per heavy atom. The monoisotopic (exact) mass is 287 g/mol. The van der Waals surface area contributed by atoms with E-state index in [2.05, 4.69) is 15.5 Å². The molecule has 0 atom stereocenters. The average Bonchev–Trinajstić information content (AvgIpc) is 2.93. The van der Waals surface area contributed by atoms with Gasteiger partial charge >= 0.3 is 6.03 Å². The molecule has 1 aromatic carbocycles. The number of benzene rings is 1. The van der Waals surface area contributed by atoms with Gasteiger partial charge in [0.05, 0.1) is 5.54 Å². The first-order chi connectivity index (χ1) is 10.1. The maximum Gasteiger partial charge on any atom is 0.312 e. The van der Waals surface area contributed by atoms with Crippen molar-refractivity contribution >= 4 is 6.03 Å². The van der Waals surface area contributed by atoms with Gasteiger partial charge in [0.2, 0.25) is 0 Å². The van der Waals surface area contributed by atoms with Crippen LogP contribution in [0.2, 0.25) is 0 Å². The summed E-state index contributed by atoms with van der Waals surface area (Å²) >= 11 is 0. The van der Waals surface area contributed by atoms with Crippen LogP contribution in [0.15, 0.2) is 28.8 Å². The second-order valence-corrected chi connectivity index (χ2v) is 5.35. The van der Waals surface area contributed by atoms with Crippen molar-refractivity contribution in [1.82, 2.24) is 15.5 Å². The van der Waals surface area contributed by atoms with Gasteiger partial charge in [-0.2, -0.15) is 4.98 Å². The molecule has 5 N–H and O–H groups in total. The standard InChI is InChI=1S/C14H17N5O2/c15-13(20)17-8-9-2-4-10(5-3-9)11-18-12(19-21-11)14(16)6-1-7-14/h2-5H,1,6-8,16H2,(H3,15,17,20). The van der Waals surface area contributed by atoms with Crippen LogP contribution in [-0.4, -0.2) is 16.2 Å². The van der Waals surface area contributed by atoms with Crippen molar-refractivity contribution in [3.63, 3.8) is 0 Å². The van der Waals surface area contributed by atoms with E-state index in [1.165, 1.54) is 0 Å². The maximum absolute atomic E-state index is 10.7.